The highest BCUT2D eigenvalue weighted by Gasteiger charge is 2.18. The first-order valence-electron chi connectivity index (χ1n) is 7.01. The maximum absolute atomic E-state index is 11.9. The summed E-state index contributed by atoms with van der Waals surface area (Å²) in [5, 5.41) is 0. The number of carbonyl (C=O) groups excluding carboxylic acids is 1. The number of hydrogen-bond donors (Lipinski definition) is 2. The number of hydrogen-bond acceptors (Lipinski definition) is 4. The summed E-state index contributed by atoms with van der Waals surface area (Å²) in [5.41, 5.74) is 10.0. The van der Waals surface area contributed by atoms with E-state index in [2.05, 4.69) is 17.6 Å². The van der Waals surface area contributed by atoms with Gasteiger partial charge in [-0.05, 0) is 42.5 Å². The summed E-state index contributed by atoms with van der Waals surface area (Å²) in [5.74, 6) is 0.139. The van der Waals surface area contributed by atoms with Gasteiger partial charge in [-0.3, -0.25) is 9.79 Å². The zero-order valence-corrected chi connectivity index (χ0v) is 13.0. The number of nitrogen functional groups attached to an aromatic ring is 1. The molecule has 0 radical (unpaired) electrons. The number of fused-ring (bicyclic) bond motifs is 1. The number of benzene rings is 1. The monoisotopic (exact) mass is 290 g/mol. The average Bonchev–Trinajstić information content (AvgIpc) is 2.33. The molecule has 0 bridgehead atoms. The van der Waals surface area contributed by atoms with E-state index in [0.29, 0.717) is 6.42 Å². The number of Topliss-reactive ketones (excluding diaryl/α,β-unsaturated/α-hetero) is 1. The largest absolute Gasteiger partial charge is 0.399 e. The van der Waals surface area contributed by atoms with Crippen molar-refractivity contribution in [2.24, 2.45) is 4.99 Å². The summed E-state index contributed by atoms with van der Waals surface area (Å²) < 4.78 is -0.268. The first-order valence-corrected chi connectivity index (χ1v) is 7.46. The molecule has 0 aliphatic heterocycles. The van der Waals surface area contributed by atoms with Crippen molar-refractivity contribution in [1.82, 2.24) is 0 Å². The number of thiol groups is 1. The Hall–Kier alpha value is -1.29. The van der Waals surface area contributed by atoms with Crippen molar-refractivity contribution in [2.75, 3.05) is 12.3 Å². The van der Waals surface area contributed by atoms with Crippen molar-refractivity contribution in [3.05, 3.63) is 29.3 Å². The van der Waals surface area contributed by atoms with Gasteiger partial charge in [-0.25, -0.2) is 0 Å². The Balaban J connectivity index is 2.11. The standard InChI is InChI=1S/C16H22N2OS/c1-16(2,20)9-13(19)10-18-15-5-3-4-11-8-12(17)6-7-14(11)15/h6-8,20H,3-5,9-10,17H2,1-2H3. The first-order chi connectivity index (χ1) is 9.35. The molecule has 108 valence electrons. The molecule has 20 heavy (non-hydrogen) atoms. The quantitative estimate of drug-likeness (QED) is 0.661. The van der Waals surface area contributed by atoms with Gasteiger partial charge < -0.3 is 5.73 Å². The maximum Gasteiger partial charge on any atom is 0.155 e. The van der Waals surface area contributed by atoms with Crippen molar-refractivity contribution in [3.63, 3.8) is 0 Å². The summed E-state index contributed by atoms with van der Waals surface area (Å²) in [6.07, 6.45) is 3.49. The second kappa shape index (κ2) is 6.00. The zero-order valence-electron chi connectivity index (χ0n) is 12.1. The summed E-state index contributed by atoms with van der Waals surface area (Å²) in [7, 11) is 0. The van der Waals surface area contributed by atoms with Crippen molar-refractivity contribution < 1.29 is 4.79 Å². The van der Waals surface area contributed by atoms with Gasteiger partial charge in [-0.2, -0.15) is 12.6 Å². The molecule has 0 atom stereocenters. The number of ketones is 1. The molecule has 4 heteroatoms. The highest BCUT2D eigenvalue weighted by molar-refractivity contribution is 7.81. The lowest BCUT2D eigenvalue weighted by Crippen LogP contribution is -2.20. The van der Waals surface area contributed by atoms with E-state index < -0.39 is 0 Å². The molecular formula is C16H22N2OS. The van der Waals surface area contributed by atoms with Crippen LogP contribution in [-0.2, 0) is 11.2 Å². The van der Waals surface area contributed by atoms with Crippen LogP contribution in [0.25, 0.3) is 0 Å². The molecule has 0 unspecified atom stereocenters. The molecule has 1 aromatic rings. The molecule has 1 aliphatic carbocycles. The number of aryl methyl sites for hydroxylation is 1. The lowest BCUT2D eigenvalue weighted by molar-refractivity contribution is -0.118. The van der Waals surface area contributed by atoms with Gasteiger partial charge in [0.2, 0.25) is 0 Å². The Morgan fingerprint density at radius 2 is 2.15 bits per heavy atom. The Bertz CT molecular complexity index is 544. The van der Waals surface area contributed by atoms with E-state index in [-0.39, 0.29) is 17.1 Å². The van der Waals surface area contributed by atoms with Crippen LogP contribution in [0.2, 0.25) is 0 Å². The molecule has 1 aliphatic rings. The van der Waals surface area contributed by atoms with E-state index in [9.17, 15) is 4.79 Å². The summed E-state index contributed by atoms with van der Waals surface area (Å²) in [6.45, 7) is 4.14. The van der Waals surface area contributed by atoms with Gasteiger partial charge in [-0.15, -0.1) is 0 Å². The van der Waals surface area contributed by atoms with E-state index in [4.69, 9.17) is 5.73 Å². The lowest BCUT2D eigenvalue weighted by Gasteiger charge is -2.19. The third-order valence-corrected chi connectivity index (χ3v) is 3.53. The molecule has 0 saturated heterocycles. The van der Waals surface area contributed by atoms with E-state index in [1.807, 2.05) is 32.0 Å². The SMILES string of the molecule is CC(C)(S)CC(=O)CN=C1CCCc2cc(N)ccc21. The fraction of sp³-hybridized carbons (Fsp3) is 0.500. The smallest absolute Gasteiger partial charge is 0.155 e. The van der Waals surface area contributed by atoms with Crippen LogP contribution in [0.4, 0.5) is 5.69 Å². The van der Waals surface area contributed by atoms with Crippen LogP contribution in [0.3, 0.4) is 0 Å². The number of aliphatic imine (C=N–C) groups is 1. The second-order valence-electron chi connectivity index (χ2n) is 6.06. The third-order valence-electron chi connectivity index (χ3n) is 3.38. The molecule has 2 rings (SSSR count). The number of nitrogens with two attached hydrogens (primary N) is 1. The minimum atomic E-state index is -0.268. The number of carbonyl (C=O) groups is 1. The van der Waals surface area contributed by atoms with Crippen LogP contribution in [-0.4, -0.2) is 22.8 Å². The molecule has 3 nitrogen and oxygen atoms in total. The molecule has 0 amide bonds. The molecule has 0 fully saturated rings. The van der Waals surface area contributed by atoms with Gasteiger partial charge in [0.05, 0.1) is 6.54 Å². The Kier molecular flexibility index (Phi) is 4.53. The molecule has 2 N–H and O–H groups in total. The molecular weight excluding hydrogens is 268 g/mol. The normalized spacial score (nSPS) is 17.1. The maximum atomic E-state index is 11.9. The molecule has 0 heterocycles. The predicted molar refractivity (Wildman–Crippen MR) is 87.9 cm³/mol. The zero-order chi connectivity index (χ0) is 14.8. The minimum Gasteiger partial charge on any atom is -0.399 e. The summed E-state index contributed by atoms with van der Waals surface area (Å²) >= 11 is 4.39. The Morgan fingerprint density at radius 1 is 1.40 bits per heavy atom. The fourth-order valence-corrected chi connectivity index (χ4v) is 2.75. The molecule has 0 aromatic heterocycles. The van der Waals surface area contributed by atoms with Gasteiger partial charge in [0, 0.05) is 22.6 Å². The van der Waals surface area contributed by atoms with Crippen molar-refractivity contribution in [2.45, 2.75) is 44.3 Å². The van der Waals surface area contributed by atoms with Gasteiger partial charge >= 0.3 is 0 Å². The van der Waals surface area contributed by atoms with Crippen molar-refractivity contribution in [1.29, 1.82) is 0 Å². The predicted octanol–water partition coefficient (Wildman–Crippen LogP) is 3.06. The lowest BCUT2D eigenvalue weighted by atomic mass is 9.89. The topological polar surface area (TPSA) is 55.5 Å². The third kappa shape index (κ3) is 4.10. The molecule has 1 aromatic carbocycles. The Morgan fingerprint density at radius 3 is 2.85 bits per heavy atom. The Labute approximate surface area is 126 Å². The van der Waals surface area contributed by atoms with Crippen LogP contribution in [0.15, 0.2) is 23.2 Å². The average molecular weight is 290 g/mol. The number of anilines is 1. The van der Waals surface area contributed by atoms with Crippen LogP contribution < -0.4 is 5.73 Å². The van der Waals surface area contributed by atoms with E-state index in [1.54, 1.807) is 0 Å². The van der Waals surface area contributed by atoms with Crippen LogP contribution in [0.5, 0.6) is 0 Å². The molecule has 0 spiro atoms. The van der Waals surface area contributed by atoms with Crippen molar-refractivity contribution in [3.8, 4) is 0 Å². The molecule has 0 saturated carbocycles. The fourth-order valence-electron chi connectivity index (χ4n) is 2.57. The highest BCUT2D eigenvalue weighted by Crippen LogP contribution is 2.24. The van der Waals surface area contributed by atoms with Gasteiger partial charge in [0.25, 0.3) is 0 Å². The number of rotatable bonds is 4. The van der Waals surface area contributed by atoms with Gasteiger partial charge in [-0.1, -0.05) is 19.9 Å². The summed E-state index contributed by atoms with van der Waals surface area (Å²) in [4.78, 5) is 16.4. The first kappa shape index (κ1) is 15.1. The van der Waals surface area contributed by atoms with Gasteiger partial charge in [0.15, 0.2) is 5.78 Å². The van der Waals surface area contributed by atoms with Crippen LogP contribution >= 0.6 is 12.6 Å². The number of nitrogens with zero attached hydrogens (tertiary/aromatic N) is 1. The van der Waals surface area contributed by atoms with E-state index in [0.717, 1.165) is 36.2 Å². The van der Waals surface area contributed by atoms with Crippen molar-refractivity contribution >= 4 is 29.8 Å². The van der Waals surface area contributed by atoms with E-state index >= 15 is 0 Å². The summed E-state index contributed by atoms with van der Waals surface area (Å²) in [6, 6.07) is 5.94. The highest BCUT2D eigenvalue weighted by atomic mass is 32.1. The minimum absolute atomic E-state index is 0.139. The van der Waals surface area contributed by atoms with Gasteiger partial charge in [0.1, 0.15) is 0 Å². The van der Waals surface area contributed by atoms with E-state index in [1.165, 1.54) is 5.56 Å². The van der Waals surface area contributed by atoms with Crippen LogP contribution in [0.1, 0.15) is 44.2 Å². The second-order valence-corrected chi connectivity index (χ2v) is 7.27. The van der Waals surface area contributed by atoms with Crippen LogP contribution in [0, 0.1) is 0 Å².